The van der Waals surface area contributed by atoms with Crippen molar-refractivity contribution in [3.05, 3.63) is 22.2 Å². The molecule has 0 saturated carbocycles. The van der Waals surface area contributed by atoms with Gasteiger partial charge in [0.15, 0.2) is 0 Å². The van der Waals surface area contributed by atoms with Gasteiger partial charge in [-0.1, -0.05) is 6.92 Å². The summed E-state index contributed by atoms with van der Waals surface area (Å²) in [7, 11) is 7.38. The minimum absolute atomic E-state index is 0.151. The van der Waals surface area contributed by atoms with Crippen molar-refractivity contribution in [2.75, 3.05) is 28.3 Å². The summed E-state index contributed by atoms with van der Waals surface area (Å²) in [6, 6.07) is 3.72. The molecule has 2 atom stereocenters. The summed E-state index contributed by atoms with van der Waals surface area (Å²) in [6.07, 6.45) is 0.938. The van der Waals surface area contributed by atoms with Crippen molar-refractivity contribution in [1.29, 1.82) is 0 Å². The number of nitrogens with zero attached hydrogens (tertiary/aromatic N) is 1. The molecule has 0 aliphatic carbocycles. The fourth-order valence-electron chi connectivity index (χ4n) is 2.31. The molecule has 0 amide bonds. The fraction of sp³-hybridized carbons (Fsp3) is 0.600. The molecule has 0 aromatic heterocycles. The minimum Gasteiger partial charge on any atom is -0.495 e. The zero-order chi connectivity index (χ0) is 15.5. The van der Waals surface area contributed by atoms with E-state index in [1.54, 1.807) is 14.2 Å². The number of halogens is 1. The lowest BCUT2D eigenvalue weighted by Gasteiger charge is -2.41. The molecule has 5 heteroatoms. The van der Waals surface area contributed by atoms with Gasteiger partial charge in [-0.25, -0.2) is 0 Å². The second kappa shape index (κ2) is 6.78. The molecule has 1 rings (SSSR count). The SMILES string of the molecule is CCC(C)(C(N)c1ccc(OC)c(Br)c1OC)N(C)C. The van der Waals surface area contributed by atoms with Gasteiger partial charge in [-0.2, -0.15) is 0 Å². The lowest BCUT2D eigenvalue weighted by Crippen LogP contribution is -2.49. The Morgan fingerprint density at radius 1 is 1.30 bits per heavy atom. The van der Waals surface area contributed by atoms with Crippen LogP contribution in [0.15, 0.2) is 16.6 Å². The Morgan fingerprint density at radius 2 is 1.90 bits per heavy atom. The highest BCUT2D eigenvalue weighted by molar-refractivity contribution is 9.10. The molecule has 1 aromatic carbocycles. The van der Waals surface area contributed by atoms with Crippen molar-refractivity contribution in [1.82, 2.24) is 4.90 Å². The number of benzene rings is 1. The summed E-state index contributed by atoms with van der Waals surface area (Å²) in [5.41, 5.74) is 7.36. The first-order chi connectivity index (χ1) is 9.33. The molecule has 4 nitrogen and oxygen atoms in total. The van der Waals surface area contributed by atoms with Gasteiger partial charge in [-0.3, -0.25) is 0 Å². The molecule has 2 unspecified atom stereocenters. The molecule has 20 heavy (non-hydrogen) atoms. The predicted molar refractivity (Wildman–Crippen MR) is 86.6 cm³/mol. The summed E-state index contributed by atoms with van der Waals surface area (Å²) in [6.45, 7) is 4.31. The van der Waals surface area contributed by atoms with Crippen LogP contribution < -0.4 is 15.2 Å². The lowest BCUT2D eigenvalue weighted by molar-refractivity contribution is 0.130. The highest BCUT2D eigenvalue weighted by atomic mass is 79.9. The van der Waals surface area contributed by atoms with Crippen LogP contribution in [0.25, 0.3) is 0 Å². The maximum absolute atomic E-state index is 6.54. The molecule has 0 heterocycles. The Hall–Kier alpha value is -0.780. The number of methoxy groups -OCH3 is 2. The summed E-state index contributed by atoms with van der Waals surface area (Å²) in [5.74, 6) is 1.47. The first-order valence-corrected chi connectivity index (χ1v) is 7.46. The van der Waals surface area contributed by atoms with Crippen molar-refractivity contribution in [3.8, 4) is 11.5 Å². The van der Waals surface area contributed by atoms with E-state index in [0.717, 1.165) is 28.0 Å². The second-order valence-corrected chi connectivity index (χ2v) is 6.08. The van der Waals surface area contributed by atoms with Crippen molar-refractivity contribution in [2.45, 2.75) is 31.8 Å². The maximum atomic E-state index is 6.54. The number of rotatable bonds is 6. The quantitative estimate of drug-likeness (QED) is 0.860. The standard InChI is InChI=1S/C15H25BrN2O2/c1-7-15(2,18(3)4)14(17)10-8-9-11(19-5)12(16)13(10)20-6/h8-9,14H,7,17H2,1-6H3. The molecular weight excluding hydrogens is 320 g/mol. The number of ether oxygens (including phenoxy) is 2. The fourth-order valence-corrected chi connectivity index (χ4v) is 3.00. The van der Waals surface area contributed by atoms with E-state index in [-0.39, 0.29) is 11.6 Å². The Morgan fingerprint density at radius 3 is 2.30 bits per heavy atom. The summed E-state index contributed by atoms with van der Waals surface area (Å²) in [4.78, 5) is 2.16. The molecule has 0 radical (unpaired) electrons. The highest BCUT2D eigenvalue weighted by Crippen LogP contribution is 2.42. The number of nitrogens with two attached hydrogens (primary N) is 1. The monoisotopic (exact) mass is 344 g/mol. The van der Waals surface area contributed by atoms with Gasteiger partial charge in [0.25, 0.3) is 0 Å². The lowest BCUT2D eigenvalue weighted by atomic mass is 9.83. The van der Waals surface area contributed by atoms with Gasteiger partial charge in [-0.15, -0.1) is 0 Å². The van der Waals surface area contributed by atoms with Crippen molar-refractivity contribution >= 4 is 15.9 Å². The number of hydrogen-bond donors (Lipinski definition) is 1. The summed E-state index contributed by atoms with van der Waals surface area (Å²) in [5, 5.41) is 0. The minimum atomic E-state index is -0.167. The Kier molecular flexibility index (Phi) is 5.86. The molecular formula is C15H25BrN2O2. The van der Waals surface area contributed by atoms with E-state index < -0.39 is 0 Å². The van der Waals surface area contributed by atoms with Crippen molar-refractivity contribution in [3.63, 3.8) is 0 Å². The first-order valence-electron chi connectivity index (χ1n) is 6.66. The van der Waals surface area contributed by atoms with E-state index in [4.69, 9.17) is 15.2 Å². The molecule has 0 saturated heterocycles. The van der Waals surface area contributed by atoms with Gasteiger partial charge in [0.1, 0.15) is 16.0 Å². The van der Waals surface area contributed by atoms with Crippen LogP contribution in [0.5, 0.6) is 11.5 Å². The molecule has 0 aliphatic heterocycles. The first kappa shape index (κ1) is 17.3. The zero-order valence-electron chi connectivity index (χ0n) is 13.2. The predicted octanol–water partition coefficient (Wildman–Crippen LogP) is 3.20. The topological polar surface area (TPSA) is 47.7 Å². The molecule has 0 aliphatic rings. The van der Waals surface area contributed by atoms with Crippen LogP contribution in [0, 0.1) is 0 Å². The van der Waals surface area contributed by atoms with Crippen LogP contribution in [0.1, 0.15) is 31.9 Å². The van der Waals surface area contributed by atoms with Gasteiger partial charge in [-0.05, 0) is 55.5 Å². The zero-order valence-corrected chi connectivity index (χ0v) is 14.7. The van der Waals surface area contributed by atoms with Crippen molar-refractivity contribution in [2.24, 2.45) is 5.73 Å². The third-order valence-corrected chi connectivity index (χ3v) is 5.01. The van der Waals surface area contributed by atoms with Crippen LogP contribution in [-0.2, 0) is 0 Å². The molecule has 0 bridgehead atoms. The molecule has 0 spiro atoms. The Labute approximate surface area is 130 Å². The average molecular weight is 345 g/mol. The van der Waals surface area contributed by atoms with E-state index in [1.165, 1.54) is 0 Å². The van der Waals surface area contributed by atoms with Crippen molar-refractivity contribution < 1.29 is 9.47 Å². The summed E-state index contributed by atoms with van der Waals surface area (Å²) >= 11 is 3.53. The van der Waals surface area contributed by atoms with Gasteiger partial charge in [0.05, 0.1) is 20.3 Å². The van der Waals surface area contributed by atoms with E-state index in [9.17, 15) is 0 Å². The molecule has 1 aromatic rings. The van der Waals surface area contributed by atoms with Crippen LogP contribution in [0.2, 0.25) is 0 Å². The molecule has 114 valence electrons. The van der Waals surface area contributed by atoms with Gasteiger partial charge in [0, 0.05) is 11.1 Å². The van der Waals surface area contributed by atoms with E-state index >= 15 is 0 Å². The van der Waals surface area contributed by atoms with Crippen LogP contribution in [0.3, 0.4) is 0 Å². The molecule has 2 N–H and O–H groups in total. The average Bonchev–Trinajstić information content (AvgIpc) is 2.44. The second-order valence-electron chi connectivity index (χ2n) is 5.29. The van der Waals surface area contributed by atoms with Crippen LogP contribution in [-0.4, -0.2) is 38.8 Å². The maximum Gasteiger partial charge on any atom is 0.141 e. The Balaban J connectivity index is 3.36. The van der Waals surface area contributed by atoms with E-state index in [2.05, 4.69) is 48.8 Å². The third kappa shape index (κ3) is 2.95. The largest absolute Gasteiger partial charge is 0.495 e. The van der Waals surface area contributed by atoms with Gasteiger partial charge >= 0.3 is 0 Å². The van der Waals surface area contributed by atoms with E-state index in [1.807, 2.05) is 12.1 Å². The number of hydrogen-bond acceptors (Lipinski definition) is 4. The third-order valence-electron chi connectivity index (χ3n) is 4.26. The van der Waals surface area contributed by atoms with E-state index in [0.29, 0.717) is 0 Å². The number of likely N-dealkylation sites (N-methyl/N-ethyl adjacent to an activating group) is 1. The van der Waals surface area contributed by atoms with Crippen LogP contribution >= 0.6 is 15.9 Å². The Bertz CT molecular complexity index is 465. The van der Waals surface area contributed by atoms with Gasteiger partial charge < -0.3 is 20.1 Å². The molecule has 0 fully saturated rings. The summed E-state index contributed by atoms with van der Waals surface area (Å²) < 4.78 is 11.6. The van der Waals surface area contributed by atoms with Crippen LogP contribution in [0.4, 0.5) is 0 Å². The smallest absolute Gasteiger partial charge is 0.141 e. The van der Waals surface area contributed by atoms with Gasteiger partial charge in [0.2, 0.25) is 0 Å². The highest BCUT2D eigenvalue weighted by Gasteiger charge is 2.35. The normalized spacial score (nSPS) is 15.8.